The van der Waals surface area contributed by atoms with Crippen molar-refractivity contribution in [3.8, 4) is 0 Å². The summed E-state index contributed by atoms with van der Waals surface area (Å²) in [5.74, 6) is -0.540. The van der Waals surface area contributed by atoms with Crippen LogP contribution in [0.2, 0.25) is 0 Å². The third kappa shape index (κ3) is 11.0. The molecule has 0 radical (unpaired) electrons. The zero-order valence-electron chi connectivity index (χ0n) is 9.46. The second-order valence-electron chi connectivity index (χ2n) is 2.90. The number of phosphoric ester groups is 1. The van der Waals surface area contributed by atoms with Crippen molar-refractivity contribution in [2.24, 2.45) is 0 Å². The summed E-state index contributed by atoms with van der Waals surface area (Å²) in [6, 6.07) is 0. The molecule has 0 fully saturated rings. The molecule has 0 aliphatic rings. The number of allylic oxidation sites excluding steroid dienone is 1. The molecule has 1 atom stereocenters. The third-order valence-electron chi connectivity index (χ3n) is 1.30. The van der Waals surface area contributed by atoms with E-state index in [1.807, 2.05) is 0 Å². The average molecular weight is 320 g/mol. The van der Waals surface area contributed by atoms with Gasteiger partial charge in [-0.05, 0) is 18.7 Å². The number of carbonyl (C=O) groups excluding carboxylic acids is 1. The van der Waals surface area contributed by atoms with E-state index in [1.54, 1.807) is 6.92 Å². The Bertz CT molecular complexity index is 389. The van der Waals surface area contributed by atoms with Gasteiger partial charge in [0.05, 0.1) is 13.2 Å². The van der Waals surface area contributed by atoms with Gasteiger partial charge in [0.1, 0.15) is 0 Å². The molecule has 8 nitrogen and oxygen atoms in total. The van der Waals surface area contributed by atoms with Gasteiger partial charge in [0.15, 0.2) is 0 Å². The van der Waals surface area contributed by atoms with Crippen LogP contribution in [0.25, 0.3) is 0 Å². The molecule has 0 aromatic carbocycles. The molecule has 0 aliphatic carbocycles. The van der Waals surface area contributed by atoms with Gasteiger partial charge in [-0.3, -0.25) is 4.52 Å². The van der Waals surface area contributed by atoms with E-state index < -0.39 is 20.5 Å². The van der Waals surface area contributed by atoms with E-state index >= 15 is 0 Å². The molecule has 0 bridgehead atoms. The van der Waals surface area contributed by atoms with Gasteiger partial charge < -0.3 is 19.4 Å². The molecule has 106 valence electrons. The van der Waals surface area contributed by atoms with Crippen molar-refractivity contribution >= 4 is 32.3 Å². The second kappa shape index (κ2) is 8.14. The molecule has 0 saturated carbocycles. The Balaban J connectivity index is 3.81. The Morgan fingerprint density at radius 1 is 1.33 bits per heavy atom. The highest BCUT2D eigenvalue weighted by Crippen LogP contribution is 2.57. The number of hydrogen-bond donors (Lipinski definition) is 3. The van der Waals surface area contributed by atoms with Gasteiger partial charge in [-0.1, -0.05) is 6.08 Å². The summed E-state index contributed by atoms with van der Waals surface area (Å²) in [4.78, 5) is 37.1. The SMILES string of the molecule is CC=CC(=O)OCCCOP(=O)(O)OP(O)(O)=S. The van der Waals surface area contributed by atoms with Crippen LogP contribution in [-0.2, 0) is 34.7 Å². The van der Waals surface area contributed by atoms with Crippen LogP contribution in [0, 0.1) is 0 Å². The molecule has 3 N–H and O–H groups in total. The van der Waals surface area contributed by atoms with Crippen LogP contribution >= 0.6 is 14.5 Å². The summed E-state index contributed by atoms with van der Waals surface area (Å²) >= 11 is 4.01. The molecule has 0 saturated heterocycles. The molecule has 0 aromatic heterocycles. The smallest absolute Gasteiger partial charge is 0.462 e. The largest absolute Gasteiger partial charge is 0.479 e. The van der Waals surface area contributed by atoms with Crippen molar-refractivity contribution in [2.45, 2.75) is 13.3 Å². The van der Waals surface area contributed by atoms with Crippen LogP contribution in [0.3, 0.4) is 0 Å². The Hall–Kier alpha value is -0.110. The minimum absolute atomic E-state index is 0.0183. The lowest BCUT2D eigenvalue weighted by molar-refractivity contribution is -0.137. The highest BCUT2D eigenvalue weighted by atomic mass is 32.5. The summed E-state index contributed by atoms with van der Waals surface area (Å²) in [5, 5.41) is 0. The lowest BCUT2D eigenvalue weighted by atomic mass is 10.5. The number of esters is 1. The standard InChI is InChI=1S/C7H14O8P2S/c1-2-4-7(8)13-5-3-6-14-16(9,10)15-17(11,12)18/h2,4H,3,5-6H2,1H3,(H,9,10)(H2,11,12,18). The van der Waals surface area contributed by atoms with Crippen molar-refractivity contribution in [1.82, 2.24) is 0 Å². The highest BCUT2D eigenvalue weighted by molar-refractivity contribution is 8.08. The number of ether oxygens (including phenoxy) is 1. The molecule has 11 heteroatoms. The first kappa shape index (κ1) is 17.9. The zero-order chi connectivity index (χ0) is 14.2. The molecular formula is C7H14O8P2S. The number of carbonyl (C=O) groups is 1. The fourth-order valence-electron chi connectivity index (χ4n) is 0.754. The predicted molar refractivity (Wildman–Crippen MR) is 66.0 cm³/mol. The third-order valence-corrected chi connectivity index (χ3v) is 4.08. The van der Waals surface area contributed by atoms with Crippen molar-refractivity contribution in [2.75, 3.05) is 13.2 Å². The molecule has 0 spiro atoms. The van der Waals surface area contributed by atoms with Crippen LogP contribution in [0.15, 0.2) is 12.2 Å². The zero-order valence-corrected chi connectivity index (χ0v) is 12.1. The first-order valence-electron chi connectivity index (χ1n) is 4.70. The monoisotopic (exact) mass is 320 g/mol. The topological polar surface area (TPSA) is 123 Å². The minimum Gasteiger partial charge on any atom is -0.462 e. The van der Waals surface area contributed by atoms with Crippen molar-refractivity contribution < 1.29 is 37.6 Å². The van der Waals surface area contributed by atoms with Gasteiger partial charge in [-0.2, -0.15) is 0 Å². The fraction of sp³-hybridized carbons (Fsp3) is 0.571. The fourth-order valence-corrected chi connectivity index (χ4v) is 3.14. The van der Waals surface area contributed by atoms with Crippen molar-refractivity contribution in [1.29, 1.82) is 0 Å². The van der Waals surface area contributed by atoms with E-state index in [9.17, 15) is 9.36 Å². The quantitative estimate of drug-likeness (QED) is 0.258. The van der Waals surface area contributed by atoms with Crippen LogP contribution in [0.1, 0.15) is 13.3 Å². The number of rotatable bonds is 8. The average Bonchev–Trinajstić information content (AvgIpc) is 2.13. The molecule has 0 heterocycles. The van der Waals surface area contributed by atoms with E-state index in [1.165, 1.54) is 12.2 Å². The summed E-state index contributed by atoms with van der Waals surface area (Å²) in [5.41, 5.74) is 0. The maximum atomic E-state index is 11.1. The van der Waals surface area contributed by atoms with Crippen LogP contribution in [0.5, 0.6) is 0 Å². The molecule has 0 aromatic rings. The van der Waals surface area contributed by atoms with Crippen molar-refractivity contribution in [3.05, 3.63) is 12.2 Å². The highest BCUT2D eigenvalue weighted by Gasteiger charge is 2.28. The van der Waals surface area contributed by atoms with E-state index in [2.05, 4.69) is 25.4 Å². The van der Waals surface area contributed by atoms with Crippen molar-refractivity contribution in [3.63, 3.8) is 0 Å². The molecule has 0 aliphatic heterocycles. The maximum Gasteiger partial charge on any atom is 0.479 e. The van der Waals surface area contributed by atoms with Gasteiger partial charge in [-0.25, -0.2) is 13.7 Å². The van der Waals surface area contributed by atoms with Gasteiger partial charge >= 0.3 is 20.5 Å². The summed E-state index contributed by atoms with van der Waals surface area (Å²) in [7, 11) is -4.60. The van der Waals surface area contributed by atoms with Gasteiger partial charge in [-0.15, -0.1) is 0 Å². The van der Waals surface area contributed by atoms with E-state index in [0.29, 0.717) is 0 Å². The van der Waals surface area contributed by atoms with Crippen LogP contribution < -0.4 is 0 Å². The Morgan fingerprint density at radius 3 is 2.44 bits per heavy atom. The summed E-state index contributed by atoms with van der Waals surface area (Å²) in [6.45, 7) is -2.91. The van der Waals surface area contributed by atoms with Gasteiger partial charge in [0.25, 0.3) is 0 Å². The normalized spacial score (nSPS) is 15.6. The lowest BCUT2D eigenvalue weighted by Gasteiger charge is -2.14. The molecule has 0 rings (SSSR count). The second-order valence-corrected chi connectivity index (χ2v) is 7.15. The molecule has 18 heavy (non-hydrogen) atoms. The Morgan fingerprint density at radius 2 is 1.94 bits per heavy atom. The van der Waals surface area contributed by atoms with Crippen LogP contribution in [0.4, 0.5) is 0 Å². The van der Waals surface area contributed by atoms with E-state index in [4.69, 9.17) is 14.7 Å². The first-order valence-corrected chi connectivity index (χ1v) is 8.82. The van der Waals surface area contributed by atoms with E-state index in [-0.39, 0.29) is 19.6 Å². The maximum absolute atomic E-state index is 11.1. The first-order chi connectivity index (χ1) is 8.16. The van der Waals surface area contributed by atoms with Gasteiger partial charge in [0, 0.05) is 12.5 Å². The Labute approximate surface area is 109 Å². The van der Waals surface area contributed by atoms with Gasteiger partial charge in [0.2, 0.25) is 0 Å². The molecule has 0 amide bonds. The minimum atomic E-state index is -4.60. The Kier molecular flexibility index (Phi) is 8.09. The summed E-state index contributed by atoms with van der Waals surface area (Å²) in [6.07, 6.45) is 2.86. The summed E-state index contributed by atoms with van der Waals surface area (Å²) < 4.78 is 24.0. The number of phosphoric acid groups is 1. The lowest BCUT2D eigenvalue weighted by Crippen LogP contribution is -2.05. The predicted octanol–water partition coefficient (Wildman–Crippen LogP) is 0.838. The van der Waals surface area contributed by atoms with E-state index in [0.717, 1.165) is 0 Å². The van der Waals surface area contributed by atoms with Crippen LogP contribution in [-0.4, -0.2) is 33.9 Å². The molecule has 1 unspecified atom stereocenters. The number of hydrogen-bond acceptors (Lipinski definition) is 6. The molecular weight excluding hydrogens is 306 g/mol.